The summed E-state index contributed by atoms with van der Waals surface area (Å²) in [7, 11) is 9.47. The molecule has 0 amide bonds. The molecule has 3 aliphatic rings. The van der Waals surface area contributed by atoms with Crippen LogP contribution < -0.4 is 0 Å². The molecule has 0 bridgehead atoms. The van der Waals surface area contributed by atoms with Crippen LogP contribution in [0.25, 0.3) is 0 Å². The van der Waals surface area contributed by atoms with Gasteiger partial charge in [-0.25, -0.2) is 0 Å². The third-order valence-electron chi connectivity index (χ3n) is 5.91. The SMILES string of the molecule is C[N+](C)(C)CC[N+]1(C)CC2CC=CC3CCC32C1. The molecule has 3 rings (SSSR count). The number of likely N-dealkylation sites (tertiary alicyclic amines) is 1. The molecule has 0 aromatic heterocycles. The Morgan fingerprint density at radius 3 is 2.67 bits per heavy atom. The van der Waals surface area contributed by atoms with Crippen molar-refractivity contribution in [1.29, 1.82) is 0 Å². The van der Waals surface area contributed by atoms with E-state index in [0.717, 1.165) is 16.3 Å². The molecule has 2 aliphatic carbocycles. The average molecular weight is 250 g/mol. The molecular formula is C16H30N2+2. The smallest absolute Gasteiger partial charge is 0.128 e. The summed E-state index contributed by atoms with van der Waals surface area (Å²) in [5, 5.41) is 0. The summed E-state index contributed by atoms with van der Waals surface area (Å²) in [6.07, 6.45) is 9.33. The molecule has 18 heavy (non-hydrogen) atoms. The van der Waals surface area contributed by atoms with E-state index in [1.165, 1.54) is 49.9 Å². The Morgan fingerprint density at radius 2 is 2.11 bits per heavy atom. The van der Waals surface area contributed by atoms with Crippen molar-refractivity contribution in [2.24, 2.45) is 17.3 Å². The van der Waals surface area contributed by atoms with E-state index in [1.54, 1.807) is 0 Å². The van der Waals surface area contributed by atoms with Crippen LogP contribution in [0.15, 0.2) is 12.2 Å². The average Bonchev–Trinajstić information content (AvgIpc) is 2.56. The second-order valence-electron chi connectivity index (χ2n) is 8.44. The maximum atomic E-state index is 2.54. The summed E-state index contributed by atoms with van der Waals surface area (Å²) in [4.78, 5) is 0. The van der Waals surface area contributed by atoms with E-state index < -0.39 is 0 Å². The van der Waals surface area contributed by atoms with Gasteiger partial charge < -0.3 is 8.97 Å². The number of hydrogen-bond acceptors (Lipinski definition) is 0. The molecule has 0 radical (unpaired) electrons. The van der Waals surface area contributed by atoms with Crippen molar-refractivity contribution in [3.05, 3.63) is 12.2 Å². The maximum absolute atomic E-state index is 2.54. The van der Waals surface area contributed by atoms with Crippen molar-refractivity contribution in [3.8, 4) is 0 Å². The van der Waals surface area contributed by atoms with Gasteiger partial charge in [0.15, 0.2) is 0 Å². The van der Waals surface area contributed by atoms with E-state index in [9.17, 15) is 0 Å². The van der Waals surface area contributed by atoms with Gasteiger partial charge in [0.05, 0.1) is 41.3 Å². The maximum Gasteiger partial charge on any atom is 0.128 e. The number of likely N-dealkylation sites (N-methyl/N-ethyl adjacent to an activating group) is 2. The Hall–Kier alpha value is -0.340. The lowest BCUT2D eigenvalue weighted by Gasteiger charge is -2.50. The van der Waals surface area contributed by atoms with Crippen LogP contribution in [0, 0.1) is 17.3 Å². The highest BCUT2D eigenvalue weighted by Gasteiger charge is 2.61. The van der Waals surface area contributed by atoms with Gasteiger partial charge in [0.25, 0.3) is 0 Å². The number of nitrogens with zero attached hydrogens (tertiary/aromatic N) is 2. The normalized spacial score (nSPS) is 46.4. The molecule has 4 unspecified atom stereocenters. The van der Waals surface area contributed by atoms with Crippen molar-refractivity contribution < 1.29 is 8.97 Å². The first-order chi connectivity index (χ1) is 8.33. The van der Waals surface area contributed by atoms with Gasteiger partial charge in [0.2, 0.25) is 0 Å². The lowest BCUT2D eigenvalue weighted by atomic mass is 9.53. The van der Waals surface area contributed by atoms with Crippen molar-refractivity contribution in [2.45, 2.75) is 19.3 Å². The quantitative estimate of drug-likeness (QED) is 0.532. The van der Waals surface area contributed by atoms with Crippen molar-refractivity contribution in [3.63, 3.8) is 0 Å². The number of quaternary nitrogens is 2. The van der Waals surface area contributed by atoms with E-state index in [-0.39, 0.29) is 0 Å². The topological polar surface area (TPSA) is 0 Å². The van der Waals surface area contributed by atoms with Crippen LogP contribution in [0.5, 0.6) is 0 Å². The number of allylic oxidation sites excluding steroid dienone is 2. The van der Waals surface area contributed by atoms with Crippen LogP contribution in [0.1, 0.15) is 19.3 Å². The highest BCUT2D eigenvalue weighted by molar-refractivity contribution is 5.15. The molecule has 1 heterocycles. The van der Waals surface area contributed by atoms with Crippen LogP contribution in [0.3, 0.4) is 0 Å². The van der Waals surface area contributed by atoms with Crippen LogP contribution in [-0.2, 0) is 0 Å². The third kappa shape index (κ3) is 1.94. The van der Waals surface area contributed by atoms with Crippen LogP contribution in [-0.4, -0.2) is 63.3 Å². The monoisotopic (exact) mass is 250 g/mol. The van der Waals surface area contributed by atoms with Gasteiger partial charge in [-0.15, -0.1) is 0 Å². The van der Waals surface area contributed by atoms with Gasteiger partial charge in [-0.1, -0.05) is 12.2 Å². The first kappa shape index (κ1) is 12.7. The van der Waals surface area contributed by atoms with E-state index >= 15 is 0 Å². The summed E-state index contributed by atoms with van der Waals surface area (Å²) >= 11 is 0. The van der Waals surface area contributed by atoms with E-state index in [2.05, 4.69) is 40.3 Å². The largest absolute Gasteiger partial charge is 0.326 e. The summed E-state index contributed by atoms with van der Waals surface area (Å²) in [5.74, 6) is 1.92. The lowest BCUT2D eigenvalue weighted by Crippen LogP contribution is -2.53. The minimum absolute atomic E-state index is 0.717. The second kappa shape index (κ2) is 3.83. The molecule has 1 spiro atoms. The Kier molecular flexibility index (Phi) is 2.70. The molecule has 2 heteroatoms. The number of hydrogen-bond donors (Lipinski definition) is 0. The van der Waals surface area contributed by atoms with Gasteiger partial charge in [-0.3, -0.25) is 0 Å². The van der Waals surface area contributed by atoms with Gasteiger partial charge in [0, 0.05) is 11.3 Å². The molecule has 4 atom stereocenters. The minimum atomic E-state index is 0.717. The predicted molar refractivity (Wildman–Crippen MR) is 76.1 cm³/mol. The van der Waals surface area contributed by atoms with Crippen molar-refractivity contribution >= 4 is 0 Å². The fourth-order valence-corrected chi connectivity index (χ4v) is 4.72. The zero-order valence-electron chi connectivity index (χ0n) is 12.7. The van der Waals surface area contributed by atoms with Crippen molar-refractivity contribution in [1.82, 2.24) is 0 Å². The molecule has 1 saturated heterocycles. The molecule has 1 saturated carbocycles. The minimum Gasteiger partial charge on any atom is -0.326 e. The molecule has 2 nitrogen and oxygen atoms in total. The lowest BCUT2D eigenvalue weighted by molar-refractivity contribution is -0.944. The molecule has 2 fully saturated rings. The van der Waals surface area contributed by atoms with Crippen LogP contribution in [0.4, 0.5) is 0 Å². The Bertz CT molecular complexity index is 368. The summed E-state index contributed by atoms with van der Waals surface area (Å²) in [5.41, 5.74) is 0.717. The Balaban J connectivity index is 1.71. The molecule has 1 aliphatic heterocycles. The van der Waals surface area contributed by atoms with Crippen molar-refractivity contribution in [2.75, 3.05) is 54.4 Å². The first-order valence-corrected chi connectivity index (χ1v) is 7.64. The fraction of sp³-hybridized carbons (Fsp3) is 0.875. The van der Waals surface area contributed by atoms with Gasteiger partial charge in [-0.05, 0) is 25.2 Å². The third-order valence-corrected chi connectivity index (χ3v) is 5.91. The van der Waals surface area contributed by atoms with Crippen LogP contribution in [0.2, 0.25) is 0 Å². The van der Waals surface area contributed by atoms with E-state index in [4.69, 9.17) is 0 Å². The summed E-state index contributed by atoms with van der Waals surface area (Å²) in [6, 6.07) is 0. The predicted octanol–water partition coefficient (Wildman–Crippen LogP) is 2.13. The Labute approximate surface area is 112 Å². The molecule has 102 valence electrons. The zero-order valence-corrected chi connectivity index (χ0v) is 12.7. The van der Waals surface area contributed by atoms with Gasteiger partial charge in [-0.2, -0.15) is 0 Å². The van der Waals surface area contributed by atoms with Crippen LogP contribution >= 0.6 is 0 Å². The summed E-state index contributed by atoms with van der Waals surface area (Å²) in [6.45, 7) is 5.54. The highest BCUT2D eigenvalue weighted by Crippen LogP contribution is 2.60. The van der Waals surface area contributed by atoms with E-state index in [1.807, 2.05) is 0 Å². The fourth-order valence-electron chi connectivity index (χ4n) is 4.72. The first-order valence-electron chi connectivity index (χ1n) is 7.64. The molecule has 0 N–H and O–H groups in total. The molecular weight excluding hydrogens is 220 g/mol. The standard InChI is InChI=1S/C16H30N2/c1-17(2,3)10-11-18(4)12-15-7-5-6-14-8-9-16(14,15)13-18/h5-6,14-15H,7-13H2,1-4H3/q+2. The zero-order chi connectivity index (χ0) is 13.0. The van der Waals surface area contributed by atoms with E-state index in [0.29, 0.717) is 5.41 Å². The van der Waals surface area contributed by atoms with Gasteiger partial charge >= 0.3 is 0 Å². The number of rotatable bonds is 3. The summed E-state index contributed by atoms with van der Waals surface area (Å²) < 4.78 is 2.44. The Morgan fingerprint density at radius 1 is 1.33 bits per heavy atom. The highest BCUT2D eigenvalue weighted by atomic mass is 15.4. The molecule has 0 aromatic carbocycles. The molecule has 0 aromatic rings. The van der Waals surface area contributed by atoms with Gasteiger partial charge in [0.1, 0.15) is 13.1 Å². The second-order valence-corrected chi connectivity index (χ2v) is 8.44.